The minimum atomic E-state index is -0.312. The second-order valence-corrected chi connectivity index (χ2v) is 7.08. The molecule has 0 fully saturated rings. The van der Waals surface area contributed by atoms with Crippen molar-refractivity contribution in [3.63, 3.8) is 0 Å². The normalized spacial score (nSPS) is 10.9. The second-order valence-electron chi connectivity index (χ2n) is 7.08. The average molecular weight is 401 g/mol. The van der Waals surface area contributed by atoms with Gasteiger partial charge in [-0.2, -0.15) is 0 Å². The van der Waals surface area contributed by atoms with Gasteiger partial charge in [-0.3, -0.25) is 25.0 Å². The van der Waals surface area contributed by atoms with E-state index in [2.05, 4.69) is 32.5 Å². The van der Waals surface area contributed by atoms with E-state index in [-0.39, 0.29) is 11.5 Å². The van der Waals surface area contributed by atoms with Gasteiger partial charge in [-0.1, -0.05) is 12.1 Å². The summed E-state index contributed by atoms with van der Waals surface area (Å²) in [7, 11) is 0. The first-order valence-electron chi connectivity index (χ1n) is 9.81. The van der Waals surface area contributed by atoms with E-state index in [1.54, 1.807) is 30.3 Å². The lowest BCUT2D eigenvalue weighted by molar-refractivity contribution is 0.0962. The quantitative estimate of drug-likeness (QED) is 0.501. The Kier molecular flexibility index (Phi) is 5.10. The number of hydrogen-bond donors (Lipinski definition) is 2. The van der Waals surface area contributed by atoms with Crippen LogP contribution in [0.25, 0.3) is 16.6 Å². The zero-order valence-electron chi connectivity index (χ0n) is 17.1. The maximum atomic E-state index is 12.7. The number of benzene rings is 2. The Morgan fingerprint density at radius 1 is 0.967 bits per heavy atom. The third-order valence-electron chi connectivity index (χ3n) is 5.12. The summed E-state index contributed by atoms with van der Waals surface area (Å²) in [6, 6.07) is 18.6. The van der Waals surface area contributed by atoms with Gasteiger partial charge in [0.1, 0.15) is 0 Å². The molecule has 30 heavy (non-hydrogen) atoms. The van der Waals surface area contributed by atoms with Gasteiger partial charge >= 0.3 is 0 Å². The van der Waals surface area contributed by atoms with E-state index < -0.39 is 0 Å². The zero-order chi connectivity index (χ0) is 21.3. The molecule has 0 atom stereocenters. The number of anilines is 1. The number of nitrogens with one attached hydrogen (secondary N) is 2. The molecule has 0 radical (unpaired) electrons. The van der Waals surface area contributed by atoms with E-state index in [4.69, 9.17) is 0 Å². The molecule has 0 saturated heterocycles. The fourth-order valence-electron chi connectivity index (χ4n) is 3.58. The molecule has 0 aliphatic heterocycles. The van der Waals surface area contributed by atoms with E-state index in [0.717, 1.165) is 17.1 Å². The van der Waals surface area contributed by atoms with Crippen LogP contribution in [0.5, 0.6) is 0 Å². The van der Waals surface area contributed by atoms with Gasteiger partial charge in [-0.05, 0) is 69.3 Å². The van der Waals surface area contributed by atoms with E-state index in [1.165, 1.54) is 4.57 Å². The molecule has 1 amide bonds. The van der Waals surface area contributed by atoms with Crippen LogP contribution in [0.4, 0.5) is 5.95 Å². The molecular formula is C23H23N5O2. The molecule has 0 aliphatic rings. The van der Waals surface area contributed by atoms with Gasteiger partial charge in [0, 0.05) is 29.2 Å². The minimum Gasteiger partial charge on any atom is -0.319 e. The predicted octanol–water partition coefficient (Wildman–Crippen LogP) is 3.58. The van der Waals surface area contributed by atoms with Gasteiger partial charge in [-0.25, -0.2) is 4.98 Å². The molecule has 152 valence electrons. The number of carbonyl (C=O) groups excluding carboxylic acids is 1. The van der Waals surface area contributed by atoms with Crippen LogP contribution in [-0.2, 0) is 6.54 Å². The van der Waals surface area contributed by atoms with Crippen LogP contribution in [-0.4, -0.2) is 20.0 Å². The van der Waals surface area contributed by atoms with Crippen molar-refractivity contribution in [1.29, 1.82) is 0 Å². The van der Waals surface area contributed by atoms with Crippen molar-refractivity contribution in [2.45, 2.75) is 27.3 Å². The highest BCUT2D eigenvalue weighted by Gasteiger charge is 2.12. The van der Waals surface area contributed by atoms with Gasteiger partial charge in [0.2, 0.25) is 5.95 Å². The average Bonchev–Trinajstić information content (AvgIpc) is 3.10. The number of para-hydroxylation sites is 1. The smallest absolute Gasteiger partial charge is 0.269 e. The summed E-state index contributed by atoms with van der Waals surface area (Å²) in [5, 5.41) is 0.544. The van der Waals surface area contributed by atoms with Gasteiger partial charge in [0.25, 0.3) is 11.5 Å². The summed E-state index contributed by atoms with van der Waals surface area (Å²) in [5.41, 5.74) is 9.62. The fourth-order valence-corrected chi connectivity index (χ4v) is 3.58. The number of fused-ring (bicyclic) bond motifs is 1. The van der Waals surface area contributed by atoms with Gasteiger partial charge in [-0.15, -0.1) is 0 Å². The van der Waals surface area contributed by atoms with Gasteiger partial charge < -0.3 is 4.57 Å². The van der Waals surface area contributed by atoms with Crippen molar-refractivity contribution in [2.24, 2.45) is 0 Å². The highest BCUT2D eigenvalue weighted by Crippen LogP contribution is 2.17. The first-order chi connectivity index (χ1) is 14.5. The number of amides is 1. The van der Waals surface area contributed by atoms with E-state index >= 15 is 0 Å². The molecule has 0 spiro atoms. The van der Waals surface area contributed by atoms with E-state index in [0.29, 0.717) is 29.0 Å². The SMILES string of the molecule is CCn1c(NNC(=O)c2ccc(-n3c(C)ccc3C)cc2)nc2ccccc2c1=O. The first-order valence-corrected chi connectivity index (χ1v) is 9.81. The summed E-state index contributed by atoms with van der Waals surface area (Å²) in [5.74, 6) is -0.0164. The molecule has 0 bridgehead atoms. The summed E-state index contributed by atoms with van der Waals surface area (Å²) < 4.78 is 3.61. The van der Waals surface area contributed by atoms with Crippen LogP contribution < -0.4 is 16.4 Å². The molecule has 2 N–H and O–H groups in total. The van der Waals surface area contributed by atoms with E-state index in [9.17, 15) is 9.59 Å². The molecule has 0 unspecified atom stereocenters. The Labute approximate surface area is 174 Å². The van der Waals surface area contributed by atoms with Crippen LogP contribution in [0.15, 0.2) is 65.5 Å². The Morgan fingerprint density at radius 3 is 2.30 bits per heavy atom. The van der Waals surface area contributed by atoms with Crippen LogP contribution in [0.2, 0.25) is 0 Å². The van der Waals surface area contributed by atoms with Crippen LogP contribution >= 0.6 is 0 Å². The second kappa shape index (κ2) is 7.87. The third-order valence-corrected chi connectivity index (χ3v) is 5.12. The summed E-state index contributed by atoms with van der Waals surface area (Å²) in [4.78, 5) is 29.7. The van der Waals surface area contributed by atoms with Crippen molar-refractivity contribution in [1.82, 2.24) is 19.5 Å². The van der Waals surface area contributed by atoms with Crippen LogP contribution in [0.3, 0.4) is 0 Å². The standard InChI is InChI=1S/C23H23N5O2/c1-4-27-22(30)19-7-5-6-8-20(19)24-23(27)26-25-21(29)17-11-13-18(14-12-17)28-15(2)9-10-16(28)3/h5-14H,4H2,1-3H3,(H,24,26)(H,25,29). The summed E-state index contributed by atoms with van der Waals surface area (Å²) in [6.45, 7) is 6.37. The Bertz CT molecular complexity index is 1270. The zero-order valence-corrected chi connectivity index (χ0v) is 17.1. The Morgan fingerprint density at radius 2 is 1.63 bits per heavy atom. The number of aromatic nitrogens is 3. The first kappa shape index (κ1) is 19.4. The monoisotopic (exact) mass is 401 g/mol. The van der Waals surface area contributed by atoms with Crippen molar-refractivity contribution in [3.05, 3.63) is 88.0 Å². The summed E-state index contributed by atoms with van der Waals surface area (Å²) in [6.07, 6.45) is 0. The maximum absolute atomic E-state index is 12.7. The van der Waals surface area contributed by atoms with Crippen LogP contribution in [0, 0.1) is 13.8 Å². The minimum absolute atomic E-state index is 0.151. The fraction of sp³-hybridized carbons (Fsp3) is 0.174. The molecule has 2 aromatic heterocycles. The largest absolute Gasteiger partial charge is 0.319 e. The lowest BCUT2D eigenvalue weighted by atomic mass is 10.2. The highest BCUT2D eigenvalue weighted by atomic mass is 16.2. The molecular weight excluding hydrogens is 378 g/mol. The predicted molar refractivity (Wildman–Crippen MR) is 118 cm³/mol. The highest BCUT2D eigenvalue weighted by molar-refractivity contribution is 5.95. The topological polar surface area (TPSA) is 81.0 Å². The van der Waals surface area contributed by atoms with E-state index in [1.807, 2.05) is 39.0 Å². The van der Waals surface area contributed by atoms with Gasteiger partial charge in [0.15, 0.2) is 0 Å². The molecule has 7 heteroatoms. The molecule has 4 rings (SSSR count). The number of nitrogens with zero attached hydrogens (tertiary/aromatic N) is 3. The molecule has 4 aromatic rings. The number of hydrazine groups is 1. The Hall–Kier alpha value is -3.87. The number of hydrogen-bond acceptors (Lipinski definition) is 4. The van der Waals surface area contributed by atoms with Crippen molar-refractivity contribution in [3.8, 4) is 5.69 Å². The lowest BCUT2D eigenvalue weighted by Gasteiger charge is -2.14. The molecule has 2 heterocycles. The van der Waals surface area contributed by atoms with Gasteiger partial charge in [0.05, 0.1) is 10.9 Å². The molecule has 7 nitrogen and oxygen atoms in total. The molecule has 0 aliphatic carbocycles. The third kappa shape index (κ3) is 3.45. The lowest BCUT2D eigenvalue weighted by Crippen LogP contribution is -2.34. The number of rotatable bonds is 5. The maximum Gasteiger partial charge on any atom is 0.269 e. The molecule has 2 aromatic carbocycles. The number of aryl methyl sites for hydroxylation is 2. The van der Waals surface area contributed by atoms with Crippen LogP contribution in [0.1, 0.15) is 28.7 Å². The molecule has 0 saturated carbocycles. The number of carbonyl (C=O) groups is 1. The van der Waals surface area contributed by atoms with Crippen molar-refractivity contribution in [2.75, 3.05) is 5.43 Å². The Balaban J connectivity index is 1.55. The summed E-state index contributed by atoms with van der Waals surface area (Å²) >= 11 is 0. The van der Waals surface area contributed by atoms with Crippen molar-refractivity contribution >= 4 is 22.8 Å². The van der Waals surface area contributed by atoms with Crippen molar-refractivity contribution < 1.29 is 4.79 Å².